The highest BCUT2D eigenvalue weighted by Crippen LogP contribution is 2.36. The summed E-state index contributed by atoms with van der Waals surface area (Å²) in [6, 6.07) is 27.0. The average molecular weight is 943 g/mol. The molecule has 4 atom stereocenters. The van der Waals surface area contributed by atoms with E-state index in [2.05, 4.69) is 21.3 Å². The number of carbonyl (C=O) groups is 3. The van der Waals surface area contributed by atoms with Crippen LogP contribution < -0.4 is 43.0 Å². The molecule has 2 heterocycles. The first-order valence-corrected chi connectivity index (χ1v) is 22.5. The normalized spacial score (nSPS) is 16.4. The number of fused-ring (bicyclic) bond motifs is 1. The minimum absolute atomic E-state index is 0.00669. The van der Waals surface area contributed by atoms with Crippen LogP contribution in [-0.4, -0.2) is 87.1 Å². The fraction of sp³-hybridized carbons (Fsp3) is 0.314. The first-order chi connectivity index (χ1) is 32.9. The molecule has 18 nitrogen and oxygen atoms in total. The standard InChI is InChI=1S/C31H36N4O7.C20H18N2O5/c1-5-20(18-10-7-6-8-11-18)32-24-25(28(38)27(24)37)33-21-13-9-12-19(26(21)36)29(39)35-14-15-41-23-17-34(16-22(23)35)30(40)42-31(2,3)4;1-2-13(11-7-4-3-5-8-11)21-15-16(19(25)18(15)24)22-14-10-6-9-12(17(14)23)20(26)27/h6-13,20,22-23,32-33,36H,5,14-17H2,1-4H3;3-10,13,21-23H,2H2,1H3,(H,26,27)/t20-,22-,23-;13-/m11/s1. The van der Waals surface area contributed by atoms with Gasteiger partial charge < -0.3 is 55.9 Å². The Kier molecular flexibility index (Phi) is 14.5. The van der Waals surface area contributed by atoms with Gasteiger partial charge in [0, 0.05) is 13.1 Å². The van der Waals surface area contributed by atoms with Crippen molar-refractivity contribution in [3.63, 3.8) is 0 Å². The first-order valence-electron chi connectivity index (χ1n) is 22.5. The number of carbonyl (C=O) groups excluding carboxylic acids is 2. The number of aromatic hydroxyl groups is 2. The third kappa shape index (κ3) is 10.5. The Bertz CT molecular complexity index is 2990. The minimum Gasteiger partial charge on any atom is -0.505 e. The Morgan fingerprint density at radius 2 is 1.13 bits per heavy atom. The van der Waals surface area contributed by atoms with E-state index in [9.17, 15) is 43.8 Å². The summed E-state index contributed by atoms with van der Waals surface area (Å²) >= 11 is 0. The van der Waals surface area contributed by atoms with E-state index in [0.29, 0.717) is 19.4 Å². The van der Waals surface area contributed by atoms with Crippen molar-refractivity contribution in [2.45, 2.75) is 77.3 Å². The number of phenolic OH excluding ortho intramolecular Hbond substituents is 1. The van der Waals surface area contributed by atoms with Crippen molar-refractivity contribution < 1.29 is 39.2 Å². The number of ether oxygens (including phenoxy) is 2. The Hall–Kier alpha value is -7.99. The summed E-state index contributed by atoms with van der Waals surface area (Å²) in [5, 5.41) is 42.1. The Balaban J connectivity index is 0.000000224. The van der Waals surface area contributed by atoms with Gasteiger partial charge in [-0.25, -0.2) is 9.59 Å². The third-order valence-electron chi connectivity index (χ3n) is 11.9. The number of para-hydroxylation sites is 2. The summed E-state index contributed by atoms with van der Waals surface area (Å²) in [6.45, 7) is 10.4. The zero-order chi connectivity index (χ0) is 49.7. The molecule has 360 valence electrons. The molecule has 0 aliphatic carbocycles. The van der Waals surface area contributed by atoms with Gasteiger partial charge >= 0.3 is 12.1 Å². The highest BCUT2D eigenvalue weighted by Gasteiger charge is 2.45. The molecule has 2 amide bonds. The van der Waals surface area contributed by atoms with Crippen molar-refractivity contribution in [1.82, 2.24) is 9.80 Å². The van der Waals surface area contributed by atoms with Crippen LogP contribution in [-0.2, 0) is 9.47 Å². The van der Waals surface area contributed by atoms with Crippen LogP contribution in [0.1, 0.15) is 91.4 Å². The van der Waals surface area contributed by atoms with Crippen LogP contribution in [0.25, 0.3) is 0 Å². The molecule has 0 bridgehead atoms. The predicted molar refractivity (Wildman–Crippen MR) is 261 cm³/mol. The topological polar surface area (TPSA) is 253 Å². The third-order valence-corrected chi connectivity index (χ3v) is 11.9. The number of morpholine rings is 1. The Morgan fingerprint density at radius 1 is 0.667 bits per heavy atom. The number of nitrogens with zero attached hydrogens (tertiary/aromatic N) is 2. The van der Waals surface area contributed by atoms with Gasteiger partial charge in [-0.05, 0) is 69.0 Å². The molecule has 2 aliphatic rings. The predicted octanol–water partition coefficient (Wildman–Crippen LogP) is 6.75. The highest BCUT2D eigenvalue weighted by atomic mass is 16.6. The van der Waals surface area contributed by atoms with E-state index < -0.39 is 57.1 Å². The molecule has 6 aromatic rings. The SMILES string of the molecule is CC[C@@H](Nc1c(Nc2cccc(C(=O)N3CCO[C@@H]4CN(C(=O)OC(C)(C)C)C[C@H]43)c2O)c(=O)c1=O)c1ccccc1.CC[C@@H](Nc1c(Nc2cccc(C(=O)O)c2O)c(=O)c1=O)c1ccccc1. The number of hydrogen-bond donors (Lipinski definition) is 7. The second-order valence-electron chi connectivity index (χ2n) is 17.7. The lowest BCUT2D eigenvalue weighted by atomic mass is 10.0. The van der Waals surface area contributed by atoms with Crippen molar-refractivity contribution in [3.05, 3.63) is 160 Å². The number of likely N-dealkylation sites (tertiary alicyclic amines) is 1. The maximum atomic E-state index is 13.7. The van der Waals surface area contributed by atoms with Gasteiger partial charge in [0.25, 0.3) is 27.6 Å². The summed E-state index contributed by atoms with van der Waals surface area (Å²) in [5.41, 5.74) is -1.27. The lowest BCUT2D eigenvalue weighted by molar-refractivity contribution is -0.0373. The van der Waals surface area contributed by atoms with Gasteiger partial charge in [-0.15, -0.1) is 0 Å². The molecule has 69 heavy (non-hydrogen) atoms. The zero-order valence-corrected chi connectivity index (χ0v) is 38.7. The molecule has 8 rings (SSSR count). The summed E-state index contributed by atoms with van der Waals surface area (Å²) in [5.74, 6) is -2.57. The van der Waals surface area contributed by atoms with E-state index in [1.807, 2.05) is 74.5 Å². The smallest absolute Gasteiger partial charge is 0.410 e. The Labute approximate surface area is 396 Å². The van der Waals surface area contributed by atoms with Crippen LogP contribution in [0.3, 0.4) is 0 Å². The van der Waals surface area contributed by atoms with Crippen molar-refractivity contribution >= 4 is 52.1 Å². The van der Waals surface area contributed by atoms with Crippen LogP contribution in [0.4, 0.5) is 38.9 Å². The molecule has 0 saturated carbocycles. The number of aromatic carboxylic acids is 1. The quantitative estimate of drug-likeness (QED) is 0.0441. The molecule has 6 aromatic carbocycles. The number of nitrogens with one attached hydrogen (secondary N) is 4. The molecule has 2 aliphatic heterocycles. The van der Waals surface area contributed by atoms with Crippen LogP contribution in [0.15, 0.2) is 116 Å². The van der Waals surface area contributed by atoms with E-state index in [4.69, 9.17) is 14.6 Å². The van der Waals surface area contributed by atoms with E-state index in [1.165, 1.54) is 35.2 Å². The van der Waals surface area contributed by atoms with Crippen LogP contribution in [0.2, 0.25) is 0 Å². The van der Waals surface area contributed by atoms with Gasteiger partial charge in [0.15, 0.2) is 11.5 Å². The summed E-state index contributed by atoms with van der Waals surface area (Å²) < 4.78 is 11.4. The molecular formula is C51H54N6O12. The maximum absolute atomic E-state index is 13.7. The average Bonchev–Trinajstić information content (AvgIpc) is 3.80. The van der Waals surface area contributed by atoms with Gasteiger partial charge in [-0.3, -0.25) is 24.0 Å². The van der Waals surface area contributed by atoms with E-state index in [0.717, 1.165) is 11.1 Å². The number of rotatable bonds is 14. The Morgan fingerprint density at radius 3 is 1.59 bits per heavy atom. The van der Waals surface area contributed by atoms with E-state index in [1.54, 1.807) is 31.7 Å². The van der Waals surface area contributed by atoms with Gasteiger partial charge in [0.05, 0.1) is 54.3 Å². The largest absolute Gasteiger partial charge is 0.505 e. The molecule has 0 spiro atoms. The maximum Gasteiger partial charge on any atom is 0.410 e. The summed E-state index contributed by atoms with van der Waals surface area (Å²) in [7, 11) is 0. The van der Waals surface area contributed by atoms with Gasteiger partial charge in [-0.1, -0.05) is 86.6 Å². The van der Waals surface area contributed by atoms with Crippen molar-refractivity contribution in [2.24, 2.45) is 0 Å². The lowest BCUT2D eigenvalue weighted by Gasteiger charge is -2.36. The van der Waals surface area contributed by atoms with Crippen LogP contribution >= 0.6 is 0 Å². The molecule has 0 aromatic heterocycles. The summed E-state index contributed by atoms with van der Waals surface area (Å²) in [4.78, 5) is 89.7. The molecule has 18 heteroatoms. The number of carboxylic acid groups (broad SMARTS) is 1. The van der Waals surface area contributed by atoms with E-state index in [-0.39, 0.29) is 88.9 Å². The number of anilines is 6. The van der Waals surface area contributed by atoms with Crippen molar-refractivity contribution in [1.29, 1.82) is 0 Å². The number of phenols is 2. The van der Waals surface area contributed by atoms with E-state index >= 15 is 0 Å². The number of carboxylic acids is 1. The van der Waals surface area contributed by atoms with Gasteiger partial charge in [0.2, 0.25) is 0 Å². The molecule has 2 saturated heterocycles. The van der Waals surface area contributed by atoms with Crippen molar-refractivity contribution in [3.8, 4) is 11.5 Å². The number of amides is 2. The van der Waals surface area contributed by atoms with Crippen LogP contribution in [0.5, 0.6) is 11.5 Å². The fourth-order valence-electron chi connectivity index (χ4n) is 8.33. The minimum atomic E-state index is -1.30. The fourth-order valence-corrected chi connectivity index (χ4v) is 8.33. The second-order valence-corrected chi connectivity index (χ2v) is 17.7. The van der Waals surface area contributed by atoms with Gasteiger partial charge in [-0.2, -0.15) is 0 Å². The number of hydrogen-bond acceptors (Lipinski definition) is 15. The summed E-state index contributed by atoms with van der Waals surface area (Å²) in [6.07, 6.45) is 0.496. The first kappa shape index (κ1) is 48.9. The van der Waals surface area contributed by atoms with Crippen LogP contribution in [0, 0.1) is 0 Å². The van der Waals surface area contributed by atoms with Gasteiger partial charge in [0.1, 0.15) is 33.9 Å². The zero-order valence-electron chi connectivity index (χ0n) is 38.7. The second kappa shape index (κ2) is 20.5. The molecule has 7 N–H and O–H groups in total. The number of benzene rings is 4. The lowest BCUT2D eigenvalue weighted by Crippen LogP contribution is -2.53. The monoisotopic (exact) mass is 942 g/mol. The molecule has 2 fully saturated rings. The highest BCUT2D eigenvalue weighted by molar-refractivity contribution is 6.00. The molecular weight excluding hydrogens is 889 g/mol. The van der Waals surface area contributed by atoms with Crippen molar-refractivity contribution in [2.75, 3.05) is 47.5 Å². The molecule has 0 unspecified atom stereocenters. The molecule has 0 radical (unpaired) electrons.